The van der Waals surface area contributed by atoms with Crippen molar-refractivity contribution >= 4 is 56.5 Å². The molecule has 0 saturated carbocycles. The Morgan fingerprint density at radius 1 is 0.389 bits per heavy atom. The number of anilines is 8. The molecule has 1 aliphatic rings. The van der Waals surface area contributed by atoms with Crippen LogP contribution in [0.5, 0.6) is 0 Å². The number of para-hydroxylation sites is 5. The van der Waals surface area contributed by atoms with Gasteiger partial charge in [0.15, 0.2) is 0 Å². The molecule has 0 radical (unpaired) electrons. The summed E-state index contributed by atoms with van der Waals surface area (Å²) in [6.07, 6.45) is 0. The maximum atomic E-state index is 3.85. The molecule has 1 aliphatic heterocycles. The first-order chi connectivity index (χ1) is 26.8. The van der Waals surface area contributed by atoms with E-state index >= 15 is 0 Å². The average Bonchev–Trinajstić information content (AvgIpc) is 3.58. The van der Waals surface area contributed by atoms with Crippen LogP contribution in [0.1, 0.15) is 0 Å². The second kappa shape index (κ2) is 13.4. The van der Waals surface area contributed by atoms with Crippen molar-refractivity contribution in [2.24, 2.45) is 0 Å². The summed E-state index contributed by atoms with van der Waals surface area (Å²) in [4.78, 5) is 4.70. The van der Waals surface area contributed by atoms with Crippen LogP contribution >= 0.6 is 0 Å². The number of nitrogens with one attached hydrogen (secondary N) is 1. The van der Waals surface area contributed by atoms with E-state index in [2.05, 4.69) is 232 Å². The third-order valence-corrected chi connectivity index (χ3v) is 10.3. The van der Waals surface area contributed by atoms with Crippen molar-refractivity contribution in [3.05, 3.63) is 212 Å². The number of hydrogen-bond donors (Lipinski definition) is 1. The zero-order valence-corrected chi connectivity index (χ0v) is 29.5. The van der Waals surface area contributed by atoms with Crippen LogP contribution in [-0.4, -0.2) is 4.57 Å². The Morgan fingerprint density at radius 3 is 1.46 bits per heavy atom. The Hall–Kier alpha value is -7.30. The van der Waals surface area contributed by atoms with Gasteiger partial charge in [-0.1, -0.05) is 133 Å². The zero-order valence-electron chi connectivity index (χ0n) is 29.5. The van der Waals surface area contributed by atoms with E-state index in [9.17, 15) is 0 Å². The van der Waals surface area contributed by atoms with Gasteiger partial charge in [0.1, 0.15) is 5.82 Å². The largest absolute Gasteiger partial charge is 0.350 e. The van der Waals surface area contributed by atoms with E-state index in [0.29, 0.717) is 0 Å². The van der Waals surface area contributed by atoms with Gasteiger partial charge in [0.05, 0.1) is 22.6 Å². The second-order valence-electron chi connectivity index (χ2n) is 13.5. The topological polar surface area (TPSA) is 23.4 Å². The van der Waals surface area contributed by atoms with Gasteiger partial charge in [-0.25, -0.2) is 0 Å². The van der Waals surface area contributed by atoms with Gasteiger partial charge in [0.2, 0.25) is 0 Å². The molecule has 2 heterocycles. The molecule has 0 atom stereocenters. The lowest BCUT2D eigenvalue weighted by Gasteiger charge is -2.34. The molecule has 0 fully saturated rings. The van der Waals surface area contributed by atoms with Gasteiger partial charge in [-0.2, -0.15) is 0 Å². The second-order valence-corrected chi connectivity index (χ2v) is 13.5. The highest BCUT2D eigenvalue weighted by atomic mass is 15.3. The molecule has 4 nitrogen and oxygen atoms in total. The Bertz CT molecular complexity index is 2660. The minimum absolute atomic E-state index is 1.07. The first kappa shape index (κ1) is 31.4. The fourth-order valence-corrected chi connectivity index (χ4v) is 7.75. The molecule has 1 N–H and O–H groups in total. The molecular formula is C50H36N4. The molecular weight excluding hydrogens is 657 g/mol. The summed E-state index contributed by atoms with van der Waals surface area (Å²) in [5.74, 6) is 1.09. The van der Waals surface area contributed by atoms with Crippen LogP contribution in [0.4, 0.5) is 45.6 Å². The molecule has 0 spiro atoms. The van der Waals surface area contributed by atoms with Crippen LogP contribution < -0.4 is 15.1 Å². The van der Waals surface area contributed by atoms with E-state index < -0.39 is 0 Å². The number of aromatic nitrogens is 1. The third kappa shape index (κ3) is 5.49. The highest BCUT2D eigenvalue weighted by Gasteiger charge is 2.31. The lowest BCUT2D eigenvalue weighted by Crippen LogP contribution is -2.20. The molecule has 9 aromatic rings. The lowest BCUT2D eigenvalue weighted by atomic mass is 9.98. The minimum Gasteiger partial charge on any atom is -0.350 e. The Balaban J connectivity index is 1.01. The van der Waals surface area contributed by atoms with Gasteiger partial charge in [-0.15, -0.1) is 0 Å². The van der Waals surface area contributed by atoms with E-state index in [1.807, 2.05) is 0 Å². The van der Waals surface area contributed by atoms with Gasteiger partial charge in [0, 0.05) is 33.8 Å². The van der Waals surface area contributed by atoms with Crippen molar-refractivity contribution < 1.29 is 0 Å². The summed E-state index contributed by atoms with van der Waals surface area (Å²) >= 11 is 0. The zero-order chi connectivity index (χ0) is 35.8. The fraction of sp³-hybridized carbons (Fsp3) is 0. The molecule has 10 rings (SSSR count). The van der Waals surface area contributed by atoms with E-state index in [-0.39, 0.29) is 0 Å². The molecule has 54 heavy (non-hydrogen) atoms. The monoisotopic (exact) mass is 692 g/mol. The van der Waals surface area contributed by atoms with Crippen molar-refractivity contribution in [2.75, 3.05) is 15.1 Å². The summed E-state index contributed by atoms with van der Waals surface area (Å²) in [5.41, 5.74) is 14.7. The van der Waals surface area contributed by atoms with Crippen molar-refractivity contribution in [1.29, 1.82) is 0 Å². The highest BCUT2D eigenvalue weighted by Crippen LogP contribution is 2.53. The Morgan fingerprint density at radius 2 is 0.852 bits per heavy atom. The molecule has 4 heteroatoms. The normalized spacial score (nSPS) is 11.8. The van der Waals surface area contributed by atoms with Crippen LogP contribution in [0.15, 0.2) is 212 Å². The van der Waals surface area contributed by atoms with E-state index in [1.165, 1.54) is 22.1 Å². The molecule has 0 saturated heterocycles. The molecule has 0 unspecified atom stereocenters. The first-order valence-corrected chi connectivity index (χ1v) is 18.4. The van der Waals surface area contributed by atoms with Gasteiger partial charge in [-0.05, 0) is 101 Å². The van der Waals surface area contributed by atoms with E-state index in [0.717, 1.165) is 62.4 Å². The van der Waals surface area contributed by atoms with E-state index in [4.69, 9.17) is 0 Å². The predicted octanol–water partition coefficient (Wildman–Crippen LogP) is 14.0. The third-order valence-electron chi connectivity index (χ3n) is 10.3. The summed E-state index contributed by atoms with van der Waals surface area (Å²) in [6.45, 7) is 0. The summed E-state index contributed by atoms with van der Waals surface area (Å²) in [6, 6.07) is 75.6. The maximum Gasteiger partial charge on any atom is 0.147 e. The smallest absolute Gasteiger partial charge is 0.147 e. The summed E-state index contributed by atoms with van der Waals surface area (Å²) in [5, 5.41) is 5.03. The van der Waals surface area contributed by atoms with Gasteiger partial charge < -0.3 is 10.2 Å². The number of fused-ring (bicyclic) bond motifs is 4. The minimum atomic E-state index is 1.07. The van der Waals surface area contributed by atoms with Crippen LogP contribution in [0, 0.1) is 0 Å². The van der Waals surface area contributed by atoms with Crippen LogP contribution in [0.3, 0.4) is 0 Å². The number of nitrogens with zero attached hydrogens (tertiary/aromatic N) is 3. The molecule has 8 aromatic carbocycles. The lowest BCUT2D eigenvalue weighted by molar-refractivity contribution is 1.07. The van der Waals surface area contributed by atoms with Crippen LogP contribution in [-0.2, 0) is 0 Å². The van der Waals surface area contributed by atoms with Crippen molar-refractivity contribution in [2.45, 2.75) is 0 Å². The number of hydrogen-bond acceptors (Lipinski definition) is 3. The van der Waals surface area contributed by atoms with Gasteiger partial charge >= 0.3 is 0 Å². The summed E-state index contributed by atoms with van der Waals surface area (Å²) < 4.78 is 2.37. The summed E-state index contributed by atoms with van der Waals surface area (Å²) in [7, 11) is 0. The van der Waals surface area contributed by atoms with Gasteiger partial charge in [-0.3, -0.25) is 9.47 Å². The van der Waals surface area contributed by atoms with Crippen molar-refractivity contribution in [3.63, 3.8) is 0 Å². The first-order valence-electron chi connectivity index (χ1n) is 18.4. The fourth-order valence-electron chi connectivity index (χ4n) is 7.75. The molecule has 0 aliphatic carbocycles. The Labute approximate surface area is 315 Å². The van der Waals surface area contributed by atoms with Crippen molar-refractivity contribution in [1.82, 2.24) is 4.57 Å². The average molecular weight is 693 g/mol. The number of rotatable bonds is 7. The molecule has 0 amide bonds. The standard InChI is InChI=1S/C50H36N4/c1-5-15-40(16-6-1)52(41-17-7-2-8-18-41)44-32-29-37(30-33-44)36-25-27-38(28-26-36)39-31-34-46-48(35-39)54(43-21-11-4-12-22-43)50-49(51-46)45-23-13-14-24-47(45)53(50)42-19-9-3-10-20-42/h1-35,51H. The Kier molecular flexibility index (Phi) is 7.77. The maximum absolute atomic E-state index is 3.85. The molecule has 256 valence electrons. The number of benzene rings is 8. The van der Waals surface area contributed by atoms with Crippen LogP contribution in [0.2, 0.25) is 0 Å². The van der Waals surface area contributed by atoms with Crippen molar-refractivity contribution in [3.8, 4) is 27.9 Å². The SMILES string of the molecule is c1ccc(N(c2ccccc2)c2ccc(-c3ccc(-c4ccc5c(c4)N(c4ccccc4)c4c(c6ccccc6n4-c4ccccc4)N5)cc3)cc2)cc1. The van der Waals surface area contributed by atoms with Crippen LogP contribution in [0.25, 0.3) is 38.8 Å². The highest BCUT2D eigenvalue weighted by molar-refractivity contribution is 6.10. The van der Waals surface area contributed by atoms with Gasteiger partial charge in [0.25, 0.3) is 0 Å². The quantitative estimate of drug-likeness (QED) is 0.180. The van der Waals surface area contributed by atoms with E-state index in [1.54, 1.807) is 0 Å². The predicted molar refractivity (Wildman–Crippen MR) is 227 cm³/mol. The molecule has 0 bridgehead atoms. The molecule has 1 aromatic heterocycles.